The smallest absolute Gasteiger partial charge is 0.352 e. The molecule has 3 aromatic rings. The SMILES string of the molecule is C=CC(=O)N1C(C)CN(c2nc(=O)n3c4c(c(C5=CCC(F)(F)CC5)c(C(F)(F)F)cc24)SCCC3)CC1C.O=c1nccc[nH]1. The monoisotopic (exact) mass is 664 g/mol. The summed E-state index contributed by atoms with van der Waals surface area (Å²) in [6.45, 7) is 8.02. The fourth-order valence-corrected chi connectivity index (χ4v) is 7.51. The molecule has 2 aromatic heterocycles. The van der Waals surface area contributed by atoms with E-state index < -0.39 is 36.2 Å². The van der Waals surface area contributed by atoms with Crippen molar-refractivity contribution in [1.82, 2.24) is 24.4 Å². The van der Waals surface area contributed by atoms with Crippen molar-refractivity contribution in [2.24, 2.45) is 0 Å². The highest BCUT2D eigenvalue weighted by molar-refractivity contribution is 7.99. The summed E-state index contributed by atoms with van der Waals surface area (Å²) in [5.74, 6) is -2.59. The zero-order chi connectivity index (χ0) is 33.4. The number of rotatable bonds is 3. The number of allylic oxidation sites excluding steroid dienone is 2. The number of halogens is 5. The van der Waals surface area contributed by atoms with Crippen LogP contribution < -0.4 is 16.3 Å². The molecule has 2 atom stereocenters. The lowest BCUT2D eigenvalue weighted by Crippen LogP contribution is -2.58. The number of carbonyl (C=O) groups is 1. The molecular formula is C31H33F5N6O3S. The summed E-state index contributed by atoms with van der Waals surface area (Å²) in [6.07, 6.45) is -0.143. The van der Waals surface area contributed by atoms with E-state index in [0.717, 1.165) is 6.07 Å². The van der Waals surface area contributed by atoms with Gasteiger partial charge in [0.2, 0.25) is 5.91 Å². The number of hydrogen-bond acceptors (Lipinski definition) is 7. The topological polar surface area (TPSA) is 104 Å². The Morgan fingerprint density at radius 2 is 1.91 bits per heavy atom. The maximum absolute atomic E-state index is 14.6. The summed E-state index contributed by atoms with van der Waals surface area (Å²) >= 11 is 1.23. The summed E-state index contributed by atoms with van der Waals surface area (Å²) in [4.78, 5) is 49.5. The lowest BCUT2D eigenvalue weighted by atomic mass is 9.87. The second kappa shape index (κ2) is 13.0. The van der Waals surface area contributed by atoms with E-state index in [2.05, 4.69) is 21.5 Å². The van der Waals surface area contributed by atoms with Crippen molar-refractivity contribution in [1.29, 1.82) is 0 Å². The van der Waals surface area contributed by atoms with E-state index in [1.807, 2.05) is 13.8 Å². The van der Waals surface area contributed by atoms with Gasteiger partial charge in [-0.25, -0.2) is 23.4 Å². The van der Waals surface area contributed by atoms with Crippen LogP contribution >= 0.6 is 11.8 Å². The molecule has 6 rings (SSSR count). The van der Waals surface area contributed by atoms with Crippen LogP contribution in [-0.2, 0) is 17.5 Å². The van der Waals surface area contributed by atoms with E-state index >= 15 is 0 Å². The molecule has 246 valence electrons. The highest BCUT2D eigenvalue weighted by Gasteiger charge is 2.41. The van der Waals surface area contributed by atoms with Gasteiger partial charge in [0.25, 0.3) is 5.92 Å². The lowest BCUT2D eigenvalue weighted by Gasteiger charge is -2.44. The number of benzene rings is 1. The van der Waals surface area contributed by atoms with Gasteiger partial charge in [0.1, 0.15) is 5.82 Å². The van der Waals surface area contributed by atoms with Crippen LogP contribution in [0.1, 0.15) is 50.7 Å². The first-order chi connectivity index (χ1) is 21.7. The van der Waals surface area contributed by atoms with E-state index in [9.17, 15) is 36.3 Å². The standard InChI is InChI=1S/C27H29F5N4O2S.C4H4N2O/c1-4-20(37)36-15(2)13-34(14-16(36)3)24-18-12-19(27(30,31)32)21(17-6-8-26(28,29)9-7-17)23-22(18)35(25(38)33-24)10-5-11-39-23;7-4-5-2-1-3-6-4/h4,6,12,15-16H,1,5,7-11,13-14H2,2-3H3;1-3H,(H,5,6,7). The van der Waals surface area contributed by atoms with Gasteiger partial charge in [-0.1, -0.05) is 12.7 Å². The van der Waals surface area contributed by atoms with Crippen molar-refractivity contribution in [3.8, 4) is 0 Å². The summed E-state index contributed by atoms with van der Waals surface area (Å²) in [5, 5.41) is 0.194. The number of aromatic nitrogens is 4. The van der Waals surface area contributed by atoms with Gasteiger partial charge in [0.05, 0.1) is 11.1 Å². The van der Waals surface area contributed by atoms with Crippen molar-refractivity contribution in [3.63, 3.8) is 0 Å². The van der Waals surface area contributed by atoms with Gasteiger partial charge >= 0.3 is 17.6 Å². The Kier molecular flexibility index (Phi) is 9.43. The zero-order valence-corrected chi connectivity index (χ0v) is 26.1. The maximum Gasteiger partial charge on any atom is 0.417 e. The van der Waals surface area contributed by atoms with Crippen LogP contribution in [0.4, 0.5) is 27.8 Å². The molecule has 1 aliphatic carbocycles. The third-order valence-corrected chi connectivity index (χ3v) is 9.41. The number of nitrogens with zero attached hydrogens (tertiary/aromatic N) is 5. The molecule has 0 radical (unpaired) electrons. The van der Waals surface area contributed by atoms with Crippen molar-refractivity contribution in [2.45, 2.75) is 75.2 Å². The Labute approximate surface area is 265 Å². The molecule has 0 bridgehead atoms. The second-order valence-electron chi connectivity index (χ2n) is 11.5. The molecule has 0 saturated carbocycles. The molecule has 1 aromatic carbocycles. The molecule has 1 N–H and O–H groups in total. The van der Waals surface area contributed by atoms with Crippen LogP contribution in [0, 0.1) is 0 Å². The van der Waals surface area contributed by atoms with E-state index in [1.54, 1.807) is 15.9 Å². The van der Waals surface area contributed by atoms with Crippen molar-refractivity contribution >= 4 is 40.0 Å². The fourth-order valence-electron chi connectivity index (χ4n) is 6.29. The third kappa shape index (κ3) is 6.74. The maximum atomic E-state index is 14.6. The van der Waals surface area contributed by atoms with Gasteiger partial charge in [0, 0.05) is 72.8 Å². The van der Waals surface area contributed by atoms with Gasteiger partial charge in [-0.05, 0) is 56.2 Å². The Morgan fingerprint density at radius 1 is 1.20 bits per heavy atom. The number of alkyl halides is 5. The average molecular weight is 665 g/mol. The molecule has 0 spiro atoms. The number of aromatic amines is 1. The number of nitrogens with one attached hydrogen (secondary N) is 1. The number of piperazine rings is 1. The molecule has 1 fully saturated rings. The first-order valence-electron chi connectivity index (χ1n) is 14.8. The minimum absolute atomic E-state index is 0.106. The Morgan fingerprint density at radius 3 is 2.46 bits per heavy atom. The third-order valence-electron chi connectivity index (χ3n) is 8.23. The normalized spacial score (nSPS) is 21.2. The quantitative estimate of drug-likeness (QED) is 0.292. The zero-order valence-electron chi connectivity index (χ0n) is 25.2. The van der Waals surface area contributed by atoms with Crippen molar-refractivity contribution < 1.29 is 26.7 Å². The minimum atomic E-state index is -4.76. The fraction of sp³-hybridized carbons (Fsp3) is 0.452. The first-order valence-corrected chi connectivity index (χ1v) is 15.8. The number of amides is 1. The van der Waals surface area contributed by atoms with E-state index in [4.69, 9.17) is 0 Å². The molecule has 9 nitrogen and oxygen atoms in total. The summed E-state index contributed by atoms with van der Waals surface area (Å²) in [7, 11) is 0. The van der Waals surface area contributed by atoms with Crippen LogP contribution in [0.25, 0.3) is 16.5 Å². The van der Waals surface area contributed by atoms with Gasteiger partial charge in [-0.2, -0.15) is 18.2 Å². The van der Waals surface area contributed by atoms with Gasteiger partial charge < -0.3 is 14.8 Å². The van der Waals surface area contributed by atoms with Crippen LogP contribution in [0.5, 0.6) is 0 Å². The van der Waals surface area contributed by atoms with Gasteiger partial charge in [-0.3, -0.25) is 9.36 Å². The number of H-pyrrole nitrogens is 1. The highest BCUT2D eigenvalue weighted by atomic mass is 32.2. The van der Waals surface area contributed by atoms with Gasteiger partial charge in [-0.15, -0.1) is 11.8 Å². The summed E-state index contributed by atoms with van der Waals surface area (Å²) in [6, 6.07) is 2.07. The first kappa shape index (κ1) is 33.4. The van der Waals surface area contributed by atoms with Gasteiger partial charge in [0.15, 0.2) is 0 Å². The second-order valence-corrected chi connectivity index (χ2v) is 12.6. The predicted molar refractivity (Wildman–Crippen MR) is 166 cm³/mol. The predicted octanol–water partition coefficient (Wildman–Crippen LogP) is 5.50. The number of hydrogen-bond donors (Lipinski definition) is 1. The summed E-state index contributed by atoms with van der Waals surface area (Å²) in [5.41, 5.74) is -1.30. The van der Waals surface area contributed by atoms with Crippen LogP contribution in [0.3, 0.4) is 0 Å². The van der Waals surface area contributed by atoms with E-state index in [-0.39, 0.29) is 70.4 Å². The molecular weight excluding hydrogens is 631 g/mol. The Balaban J connectivity index is 0.000000527. The van der Waals surface area contributed by atoms with Crippen molar-refractivity contribution in [2.75, 3.05) is 23.7 Å². The van der Waals surface area contributed by atoms with Crippen LogP contribution in [-0.4, -0.2) is 67.2 Å². The molecule has 2 unspecified atom stereocenters. The average Bonchev–Trinajstić information content (AvgIpc) is 3.22. The minimum Gasteiger partial charge on any atom is -0.352 e. The number of anilines is 1. The number of thioether (sulfide) groups is 1. The highest BCUT2D eigenvalue weighted by Crippen LogP contribution is 2.49. The van der Waals surface area contributed by atoms with Crippen LogP contribution in [0.15, 0.2) is 57.7 Å². The van der Waals surface area contributed by atoms with E-state index in [0.29, 0.717) is 24.2 Å². The molecule has 15 heteroatoms. The molecule has 46 heavy (non-hydrogen) atoms. The largest absolute Gasteiger partial charge is 0.417 e. The summed E-state index contributed by atoms with van der Waals surface area (Å²) < 4.78 is 73.2. The number of carbonyl (C=O) groups excluding carboxylic acids is 1. The lowest BCUT2D eigenvalue weighted by molar-refractivity contribution is -0.138. The molecule has 2 aliphatic heterocycles. The van der Waals surface area contributed by atoms with Crippen molar-refractivity contribution in [3.05, 3.63) is 75.4 Å². The molecule has 1 amide bonds. The number of aryl methyl sites for hydroxylation is 1. The Hall–Kier alpha value is -4.01. The Bertz CT molecular complexity index is 1770. The van der Waals surface area contributed by atoms with E-state index in [1.165, 1.54) is 40.9 Å². The molecule has 1 saturated heterocycles. The van der Waals surface area contributed by atoms with Crippen LogP contribution in [0.2, 0.25) is 0 Å². The molecule has 4 heterocycles. The molecule has 3 aliphatic rings.